The number of hydrogen-bond donors (Lipinski definition) is 1. The minimum atomic E-state index is -3.43. The van der Waals surface area contributed by atoms with Gasteiger partial charge in [-0.15, -0.1) is 11.3 Å². The topological polar surface area (TPSA) is 63.4 Å². The van der Waals surface area contributed by atoms with Crippen molar-refractivity contribution in [1.82, 2.24) is 4.31 Å². The van der Waals surface area contributed by atoms with E-state index in [1.165, 1.54) is 24.2 Å². The van der Waals surface area contributed by atoms with Crippen LogP contribution in [-0.4, -0.2) is 25.8 Å². The molecule has 1 aromatic rings. The van der Waals surface area contributed by atoms with Gasteiger partial charge in [-0.3, -0.25) is 0 Å². The highest BCUT2D eigenvalue weighted by molar-refractivity contribution is 9.11. The summed E-state index contributed by atoms with van der Waals surface area (Å²) in [5, 5.41) is 0. The molecular formula is C13H21BrN2O2S2. The van der Waals surface area contributed by atoms with Crippen LogP contribution in [0.3, 0.4) is 0 Å². The molecule has 0 atom stereocenters. The Morgan fingerprint density at radius 3 is 2.45 bits per heavy atom. The number of nitrogens with two attached hydrogens (primary N) is 1. The van der Waals surface area contributed by atoms with Crippen molar-refractivity contribution in [2.45, 2.75) is 56.0 Å². The molecule has 20 heavy (non-hydrogen) atoms. The molecule has 2 rings (SSSR count). The Balaban J connectivity index is 2.25. The predicted octanol–water partition coefficient (Wildman–Crippen LogP) is 3.31. The van der Waals surface area contributed by atoms with Crippen LogP contribution in [0.25, 0.3) is 0 Å². The number of sulfonamides is 1. The van der Waals surface area contributed by atoms with Gasteiger partial charge in [-0.2, -0.15) is 4.31 Å². The molecule has 0 unspecified atom stereocenters. The second-order valence-corrected chi connectivity index (χ2v) is 9.64. The monoisotopic (exact) mass is 380 g/mol. The maximum absolute atomic E-state index is 12.8. The summed E-state index contributed by atoms with van der Waals surface area (Å²) in [6.07, 6.45) is 6.57. The molecule has 1 aromatic heterocycles. The fraction of sp³-hybridized carbons (Fsp3) is 0.692. The van der Waals surface area contributed by atoms with Crippen LogP contribution < -0.4 is 5.73 Å². The van der Waals surface area contributed by atoms with Crippen molar-refractivity contribution in [2.75, 3.05) is 7.05 Å². The highest BCUT2D eigenvalue weighted by atomic mass is 79.9. The van der Waals surface area contributed by atoms with E-state index in [4.69, 9.17) is 5.73 Å². The number of rotatable bonds is 4. The van der Waals surface area contributed by atoms with Gasteiger partial charge in [0.25, 0.3) is 0 Å². The molecule has 0 aromatic carbocycles. The Labute approximate surface area is 133 Å². The molecule has 0 amide bonds. The molecule has 114 valence electrons. The van der Waals surface area contributed by atoms with Gasteiger partial charge in [-0.05, 0) is 34.8 Å². The molecule has 0 radical (unpaired) electrons. The van der Waals surface area contributed by atoms with Gasteiger partial charge in [0.05, 0.1) is 3.79 Å². The maximum atomic E-state index is 12.8. The molecule has 1 saturated carbocycles. The van der Waals surface area contributed by atoms with Crippen molar-refractivity contribution in [3.8, 4) is 0 Å². The molecule has 0 spiro atoms. The van der Waals surface area contributed by atoms with E-state index in [0.29, 0.717) is 15.2 Å². The van der Waals surface area contributed by atoms with Crippen LogP contribution >= 0.6 is 27.3 Å². The average molecular weight is 381 g/mol. The molecule has 0 saturated heterocycles. The Kier molecular flexibility index (Phi) is 5.64. The fourth-order valence-corrected chi connectivity index (χ4v) is 6.57. The van der Waals surface area contributed by atoms with Gasteiger partial charge in [-0.1, -0.05) is 25.7 Å². The number of hydrogen-bond acceptors (Lipinski definition) is 4. The molecule has 0 bridgehead atoms. The van der Waals surface area contributed by atoms with Crippen molar-refractivity contribution < 1.29 is 8.42 Å². The molecule has 0 aliphatic heterocycles. The summed E-state index contributed by atoms with van der Waals surface area (Å²) < 4.78 is 27.7. The van der Waals surface area contributed by atoms with Gasteiger partial charge < -0.3 is 5.73 Å². The number of nitrogens with zero attached hydrogens (tertiary/aromatic N) is 1. The Bertz CT molecular complexity index is 549. The lowest BCUT2D eigenvalue weighted by Crippen LogP contribution is -2.36. The summed E-state index contributed by atoms with van der Waals surface area (Å²) in [5.74, 6) is 0. The van der Waals surface area contributed by atoms with Crippen LogP contribution in [-0.2, 0) is 16.6 Å². The molecular weight excluding hydrogens is 360 g/mol. The summed E-state index contributed by atoms with van der Waals surface area (Å²) in [7, 11) is -1.73. The van der Waals surface area contributed by atoms with Crippen LogP contribution in [0.15, 0.2) is 14.7 Å². The summed E-state index contributed by atoms with van der Waals surface area (Å²) in [5.41, 5.74) is 5.60. The lowest BCUT2D eigenvalue weighted by molar-refractivity contribution is 0.335. The second-order valence-electron chi connectivity index (χ2n) is 5.22. The van der Waals surface area contributed by atoms with E-state index in [1.54, 1.807) is 17.4 Å². The molecule has 1 aliphatic carbocycles. The Hall–Kier alpha value is 0.0500. The predicted molar refractivity (Wildman–Crippen MR) is 86.3 cm³/mol. The van der Waals surface area contributed by atoms with Crippen LogP contribution in [0.1, 0.15) is 43.4 Å². The molecule has 2 N–H and O–H groups in total. The third-order valence-electron chi connectivity index (χ3n) is 3.90. The van der Waals surface area contributed by atoms with Crippen molar-refractivity contribution in [3.63, 3.8) is 0 Å². The zero-order valence-corrected chi connectivity index (χ0v) is 14.9. The number of halogens is 1. The van der Waals surface area contributed by atoms with E-state index in [9.17, 15) is 8.42 Å². The first-order valence-corrected chi connectivity index (χ1v) is 9.98. The Morgan fingerprint density at radius 2 is 1.95 bits per heavy atom. The zero-order chi connectivity index (χ0) is 14.8. The van der Waals surface area contributed by atoms with Gasteiger partial charge in [0, 0.05) is 24.5 Å². The minimum Gasteiger partial charge on any atom is -0.326 e. The van der Waals surface area contributed by atoms with E-state index in [-0.39, 0.29) is 6.04 Å². The van der Waals surface area contributed by atoms with E-state index < -0.39 is 10.0 Å². The Morgan fingerprint density at radius 1 is 1.35 bits per heavy atom. The van der Waals surface area contributed by atoms with Crippen molar-refractivity contribution in [2.24, 2.45) is 5.73 Å². The molecule has 4 nitrogen and oxygen atoms in total. The van der Waals surface area contributed by atoms with Crippen LogP contribution in [0.4, 0.5) is 0 Å². The highest BCUT2D eigenvalue weighted by Gasteiger charge is 2.31. The minimum absolute atomic E-state index is 0.121. The molecule has 1 fully saturated rings. The van der Waals surface area contributed by atoms with Crippen molar-refractivity contribution >= 4 is 37.3 Å². The summed E-state index contributed by atoms with van der Waals surface area (Å²) in [6.45, 7) is 0.367. The first kappa shape index (κ1) is 16.4. The van der Waals surface area contributed by atoms with Crippen molar-refractivity contribution in [1.29, 1.82) is 0 Å². The summed E-state index contributed by atoms with van der Waals surface area (Å²) in [6, 6.07) is 1.81. The standard InChI is InChI=1S/C13H21BrN2O2S2/c1-16(10-6-4-2-3-5-7-10)20(17,18)12-8-11(9-15)19-13(12)14/h8,10H,2-7,9,15H2,1H3. The second kappa shape index (κ2) is 6.87. The number of thiophene rings is 1. The normalized spacial score (nSPS) is 18.4. The van der Waals surface area contributed by atoms with E-state index >= 15 is 0 Å². The lowest BCUT2D eigenvalue weighted by atomic mass is 10.1. The van der Waals surface area contributed by atoms with E-state index in [2.05, 4.69) is 15.9 Å². The summed E-state index contributed by atoms with van der Waals surface area (Å²) >= 11 is 4.75. The third kappa shape index (κ3) is 3.44. The van der Waals surface area contributed by atoms with Gasteiger partial charge in [-0.25, -0.2) is 8.42 Å². The molecule has 7 heteroatoms. The van der Waals surface area contributed by atoms with Gasteiger partial charge in [0.2, 0.25) is 10.0 Å². The summed E-state index contributed by atoms with van der Waals surface area (Å²) in [4.78, 5) is 1.24. The average Bonchev–Trinajstić information content (AvgIpc) is 2.64. The maximum Gasteiger partial charge on any atom is 0.245 e. The lowest BCUT2D eigenvalue weighted by Gasteiger charge is -2.26. The van der Waals surface area contributed by atoms with E-state index in [1.807, 2.05) is 0 Å². The third-order valence-corrected chi connectivity index (χ3v) is 8.09. The fourth-order valence-electron chi connectivity index (χ4n) is 2.65. The van der Waals surface area contributed by atoms with Gasteiger partial charge in [0.1, 0.15) is 4.90 Å². The first-order chi connectivity index (χ1) is 9.46. The van der Waals surface area contributed by atoms with Gasteiger partial charge in [0.15, 0.2) is 0 Å². The smallest absolute Gasteiger partial charge is 0.245 e. The van der Waals surface area contributed by atoms with E-state index in [0.717, 1.165) is 30.6 Å². The van der Waals surface area contributed by atoms with Crippen LogP contribution in [0.5, 0.6) is 0 Å². The quantitative estimate of drug-likeness (QED) is 0.814. The molecule has 1 heterocycles. The largest absolute Gasteiger partial charge is 0.326 e. The molecule has 1 aliphatic rings. The SMILES string of the molecule is CN(C1CCCCCC1)S(=O)(=O)c1cc(CN)sc1Br. The highest BCUT2D eigenvalue weighted by Crippen LogP contribution is 2.35. The first-order valence-electron chi connectivity index (χ1n) is 6.93. The van der Waals surface area contributed by atoms with Gasteiger partial charge >= 0.3 is 0 Å². The van der Waals surface area contributed by atoms with Crippen LogP contribution in [0.2, 0.25) is 0 Å². The van der Waals surface area contributed by atoms with Crippen LogP contribution in [0, 0.1) is 0 Å². The van der Waals surface area contributed by atoms with Crippen molar-refractivity contribution in [3.05, 3.63) is 14.7 Å². The zero-order valence-electron chi connectivity index (χ0n) is 11.6.